The number of thiophene rings is 1. The van der Waals surface area contributed by atoms with E-state index in [1.165, 1.54) is 22.8 Å². The van der Waals surface area contributed by atoms with Crippen molar-refractivity contribution in [2.75, 3.05) is 20.1 Å². The summed E-state index contributed by atoms with van der Waals surface area (Å²) in [6, 6.07) is 3.69. The zero-order valence-electron chi connectivity index (χ0n) is 8.86. The van der Waals surface area contributed by atoms with Gasteiger partial charge in [0.05, 0.1) is 13.6 Å². The second kappa shape index (κ2) is 4.77. The summed E-state index contributed by atoms with van der Waals surface area (Å²) in [5.41, 5.74) is 0. The molecule has 1 unspecified atom stereocenters. The van der Waals surface area contributed by atoms with Crippen molar-refractivity contribution in [2.24, 2.45) is 0 Å². The molecular weight excluding hydrogens is 210 g/mol. The lowest BCUT2D eigenvalue weighted by Gasteiger charge is -2.26. The first-order chi connectivity index (χ1) is 7.25. The molecule has 0 aromatic carbocycles. The topological polar surface area (TPSA) is 30.7 Å². The highest BCUT2D eigenvalue weighted by Gasteiger charge is 2.24. The van der Waals surface area contributed by atoms with Gasteiger partial charge in [0.1, 0.15) is 11.4 Å². The van der Waals surface area contributed by atoms with Crippen LogP contribution in [0.3, 0.4) is 0 Å². The molecule has 2 atom stereocenters. The van der Waals surface area contributed by atoms with E-state index in [4.69, 9.17) is 4.74 Å². The maximum Gasteiger partial charge on any atom is 0.348 e. The average molecular weight is 226 g/mol. The van der Waals surface area contributed by atoms with Crippen LogP contribution in [0, 0.1) is 0 Å². The number of ether oxygens (including phenoxy) is 1. The number of likely N-dealkylation sites (tertiary alicyclic amines) is 1. The molecule has 1 N–H and O–H groups in total. The Balaban J connectivity index is 1.89. The molecule has 1 aliphatic heterocycles. The van der Waals surface area contributed by atoms with Crippen LogP contribution < -0.4 is 4.90 Å². The minimum absolute atomic E-state index is 0.105. The van der Waals surface area contributed by atoms with Crippen molar-refractivity contribution in [1.29, 1.82) is 0 Å². The van der Waals surface area contributed by atoms with E-state index in [-0.39, 0.29) is 12.1 Å². The maximum absolute atomic E-state index is 11.7. The van der Waals surface area contributed by atoms with Gasteiger partial charge in [-0.3, -0.25) is 0 Å². The number of nitrogens with one attached hydrogen (secondary N) is 1. The molecule has 2 heterocycles. The predicted molar refractivity (Wildman–Crippen MR) is 59.4 cm³/mol. The number of esters is 1. The number of quaternary nitrogens is 1. The molecule has 0 radical (unpaired) electrons. The molecule has 1 aliphatic rings. The van der Waals surface area contributed by atoms with Crippen molar-refractivity contribution in [3.8, 4) is 0 Å². The summed E-state index contributed by atoms with van der Waals surface area (Å²) in [6.45, 7) is 2.13. The first-order valence-corrected chi connectivity index (χ1v) is 6.19. The van der Waals surface area contributed by atoms with Gasteiger partial charge in [0.15, 0.2) is 6.10 Å². The molecule has 1 saturated heterocycles. The zero-order valence-corrected chi connectivity index (χ0v) is 9.68. The Kier molecular flexibility index (Phi) is 3.38. The molecule has 1 aromatic rings. The third-order valence-electron chi connectivity index (χ3n) is 2.70. The highest BCUT2D eigenvalue weighted by molar-refractivity contribution is 7.11. The second-order valence-electron chi connectivity index (χ2n) is 4.06. The lowest BCUT2D eigenvalue weighted by molar-refractivity contribution is -0.888. The van der Waals surface area contributed by atoms with Crippen molar-refractivity contribution < 1.29 is 14.4 Å². The molecule has 3 nitrogen and oxygen atoms in total. The van der Waals surface area contributed by atoms with Crippen LogP contribution in [-0.4, -0.2) is 32.2 Å². The van der Waals surface area contributed by atoms with Crippen LogP contribution in [0.15, 0.2) is 17.5 Å². The Morgan fingerprint density at radius 3 is 3.20 bits per heavy atom. The fraction of sp³-hybridized carbons (Fsp3) is 0.545. The largest absolute Gasteiger partial charge is 0.452 e. The lowest BCUT2D eigenvalue weighted by Crippen LogP contribution is -3.11. The second-order valence-corrected chi connectivity index (χ2v) is 5.01. The number of hydrogen-bond acceptors (Lipinski definition) is 3. The average Bonchev–Trinajstić information content (AvgIpc) is 2.70. The Bertz CT molecular complexity index is 323. The van der Waals surface area contributed by atoms with Gasteiger partial charge < -0.3 is 9.64 Å². The normalized spacial score (nSPS) is 26.2. The molecule has 82 valence electrons. The van der Waals surface area contributed by atoms with E-state index in [1.807, 2.05) is 17.5 Å². The van der Waals surface area contributed by atoms with Gasteiger partial charge in [0, 0.05) is 6.42 Å². The van der Waals surface area contributed by atoms with Gasteiger partial charge in [0.25, 0.3) is 0 Å². The Morgan fingerprint density at radius 2 is 2.53 bits per heavy atom. The molecule has 0 aliphatic carbocycles. The number of carbonyl (C=O) groups is 1. The van der Waals surface area contributed by atoms with Crippen molar-refractivity contribution in [1.82, 2.24) is 0 Å². The Labute approximate surface area is 93.7 Å². The van der Waals surface area contributed by atoms with Gasteiger partial charge in [0.2, 0.25) is 0 Å². The van der Waals surface area contributed by atoms with E-state index < -0.39 is 0 Å². The van der Waals surface area contributed by atoms with Gasteiger partial charge in [-0.25, -0.2) is 4.79 Å². The molecule has 0 saturated carbocycles. The van der Waals surface area contributed by atoms with Gasteiger partial charge in [-0.15, -0.1) is 11.3 Å². The van der Waals surface area contributed by atoms with Gasteiger partial charge >= 0.3 is 5.97 Å². The number of piperidine rings is 1. The van der Waals surface area contributed by atoms with Gasteiger partial charge in [-0.2, -0.15) is 0 Å². The first-order valence-electron chi connectivity index (χ1n) is 5.31. The molecule has 4 heteroatoms. The number of carbonyl (C=O) groups excluding carboxylic acids is 1. The molecule has 15 heavy (non-hydrogen) atoms. The van der Waals surface area contributed by atoms with E-state index in [9.17, 15) is 4.79 Å². The van der Waals surface area contributed by atoms with Crippen LogP contribution >= 0.6 is 11.3 Å². The maximum atomic E-state index is 11.7. The van der Waals surface area contributed by atoms with E-state index in [1.54, 1.807) is 0 Å². The van der Waals surface area contributed by atoms with Crippen molar-refractivity contribution in [3.05, 3.63) is 22.4 Å². The predicted octanol–water partition coefficient (Wildman–Crippen LogP) is 0.582. The number of likely N-dealkylation sites (N-methyl/N-ethyl adjacent to an activating group) is 1. The monoisotopic (exact) mass is 226 g/mol. The quantitative estimate of drug-likeness (QED) is 0.748. The first kappa shape index (κ1) is 10.6. The summed E-state index contributed by atoms with van der Waals surface area (Å²) in [6.07, 6.45) is 2.26. The summed E-state index contributed by atoms with van der Waals surface area (Å²) in [5, 5.41) is 1.90. The number of rotatable bonds is 2. The highest BCUT2D eigenvalue weighted by Crippen LogP contribution is 2.13. The van der Waals surface area contributed by atoms with E-state index in [2.05, 4.69) is 7.05 Å². The van der Waals surface area contributed by atoms with Gasteiger partial charge in [-0.05, 0) is 17.9 Å². The standard InChI is InChI=1S/C11H15NO2S/c1-12-6-2-4-9(8-12)14-11(13)10-5-3-7-15-10/h3,5,7,9H,2,4,6,8H2,1H3/p+1/t9-/m1/s1. The smallest absolute Gasteiger partial charge is 0.348 e. The van der Waals surface area contributed by atoms with Crippen LogP contribution in [0.4, 0.5) is 0 Å². The number of hydrogen-bond donors (Lipinski definition) is 1. The van der Waals surface area contributed by atoms with Gasteiger partial charge in [-0.1, -0.05) is 6.07 Å². The van der Waals surface area contributed by atoms with Crippen LogP contribution in [-0.2, 0) is 4.74 Å². The van der Waals surface area contributed by atoms with Crippen LogP contribution in [0.25, 0.3) is 0 Å². The van der Waals surface area contributed by atoms with Crippen molar-refractivity contribution in [2.45, 2.75) is 18.9 Å². The summed E-state index contributed by atoms with van der Waals surface area (Å²) in [7, 11) is 2.14. The fourth-order valence-corrected chi connectivity index (χ4v) is 2.53. The van der Waals surface area contributed by atoms with Crippen LogP contribution in [0.1, 0.15) is 22.5 Å². The Hall–Kier alpha value is -0.870. The third kappa shape index (κ3) is 2.79. The molecular formula is C11H16NO2S+. The molecule has 0 amide bonds. The summed E-state index contributed by atoms with van der Waals surface area (Å²) in [4.78, 5) is 13.8. The fourth-order valence-electron chi connectivity index (χ4n) is 1.93. The van der Waals surface area contributed by atoms with Crippen LogP contribution in [0.5, 0.6) is 0 Å². The Morgan fingerprint density at radius 1 is 1.67 bits per heavy atom. The minimum atomic E-state index is -0.162. The molecule has 2 rings (SSSR count). The van der Waals surface area contributed by atoms with E-state index in [0.29, 0.717) is 4.88 Å². The van der Waals surface area contributed by atoms with Crippen molar-refractivity contribution >= 4 is 17.3 Å². The highest BCUT2D eigenvalue weighted by atomic mass is 32.1. The third-order valence-corrected chi connectivity index (χ3v) is 3.55. The summed E-state index contributed by atoms with van der Waals surface area (Å²) >= 11 is 1.44. The minimum Gasteiger partial charge on any atom is -0.452 e. The van der Waals surface area contributed by atoms with Crippen molar-refractivity contribution in [3.63, 3.8) is 0 Å². The zero-order chi connectivity index (χ0) is 10.7. The summed E-state index contributed by atoms with van der Waals surface area (Å²) < 4.78 is 5.46. The molecule has 1 fully saturated rings. The summed E-state index contributed by atoms with van der Waals surface area (Å²) in [5.74, 6) is -0.162. The molecule has 0 spiro atoms. The van der Waals surface area contributed by atoms with E-state index in [0.717, 1.165) is 19.4 Å². The SMILES string of the molecule is C[NH+]1CCC[C@@H](OC(=O)c2cccs2)C1. The lowest BCUT2D eigenvalue weighted by atomic mass is 10.1. The van der Waals surface area contributed by atoms with E-state index >= 15 is 0 Å². The van der Waals surface area contributed by atoms with Crippen LogP contribution in [0.2, 0.25) is 0 Å². The molecule has 1 aromatic heterocycles. The molecule has 0 bridgehead atoms.